The van der Waals surface area contributed by atoms with Crippen LogP contribution in [0.3, 0.4) is 0 Å². The molecule has 7 nitrogen and oxygen atoms in total. The zero-order chi connectivity index (χ0) is 24.4. The molecule has 2 aliphatic rings. The van der Waals surface area contributed by atoms with Gasteiger partial charge in [-0.05, 0) is 23.9 Å². The van der Waals surface area contributed by atoms with Gasteiger partial charge in [-0.2, -0.15) is 5.26 Å². The molecule has 3 N–H and O–H groups in total. The summed E-state index contributed by atoms with van der Waals surface area (Å²) in [4.78, 5) is 17.4. The maximum absolute atomic E-state index is 13.4. The molecule has 2 aliphatic heterocycles. The summed E-state index contributed by atoms with van der Waals surface area (Å²) in [6.07, 6.45) is 0.627. The molecule has 0 saturated carbocycles. The first-order chi connectivity index (χ1) is 16.3. The number of hydrogen-bond donors (Lipinski definition) is 2. The number of nitriles is 1. The third-order valence-electron chi connectivity index (χ3n) is 6.46. The lowest BCUT2D eigenvalue weighted by Crippen LogP contribution is -2.57. The van der Waals surface area contributed by atoms with Gasteiger partial charge in [0.1, 0.15) is 5.84 Å². The highest BCUT2D eigenvalue weighted by Crippen LogP contribution is 2.35. The number of amidine groups is 1. The van der Waals surface area contributed by atoms with Crippen LogP contribution in [0.25, 0.3) is 10.8 Å². The Morgan fingerprint density at radius 3 is 2.68 bits per heavy atom. The fraction of sp³-hybridized carbons (Fsp3) is 0.320. The summed E-state index contributed by atoms with van der Waals surface area (Å²) in [5, 5.41) is 20.7. The quantitative estimate of drug-likeness (QED) is 0.394. The maximum Gasteiger partial charge on any atom is 0.282 e. The fourth-order valence-electron chi connectivity index (χ4n) is 4.76. The first kappa shape index (κ1) is 23.6. The lowest BCUT2D eigenvalue weighted by atomic mass is 9.99. The van der Waals surface area contributed by atoms with Gasteiger partial charge in [0.15, 0.2) is 5.83 Å². The van der Waals surface area contributed by atoms with Crippen molar-refractivity contribution < 1.29 is 9.18 Å². The average Bonchev–Trinajstić information content (AvgIpc) is 2.83. The second-order valence-electron chi connectivity index (χ2n) is 8.50. The first-order valence-electron chi connectivity index (χ1n) is 11.1. The Balaban J connectivity index is 1.53. The molecule has 2 aromatic rings. The van der Waals surface area contributed by atoms with Crippen LogP contribution in [-0.4, -0.2) is 60.3 Å². The van der Waals surface area contributed by atoms with Gasteiger partial charge in [-0.1, -0.05) is 42.4 Å². The molecule has 0 bridgehead atoms. The first-order valence-corrected chi connectivity index (χ1v) is 11.5. The molecule has 34 heavy (non-hydrogen) atoms. The van der Waals surface area contributed by atoms with Crippen LogP contribution in [0.15, 0.2) is 60.1 Å². The second kappa shape index (κ2) is 9.74. The molecule has 0 aromatic heterocycles. The molecular formula is C25H26ClFN6O. The van der Waals surface area contributed by atoms with Gasteiger partial charge in [-0.15, -0.1) is 0 Å². The maximum atomic E-state index is 13.4. The van der Waals surface area contributed by atoms with Gasteiger partial charge in [-0.3, -0.25) is 10.2 Å². The number of nitrogens with one attached hydrogen (secondary N) is 1. The second-order valence-corrected chi connectivity index (χ2v) is 8.91. The Labute approximate surface area is 203 Å². The van der Waals surface area contributed by atoms with E-state index in [-0.39, 0.29) is 19.5 Å². The van der Waals surface area contributed by atoms with Crippen molar-refractivity contribution in [1.82, 2.24) is 9.80 Å². The third-order valence-corrected chi connectivity index (χ3v) is 6.77. The van der Waals surface area contributed by atoms with Gasteiger partial charge in [-0.25, -0.2) is 4.39 Å². The zero-order valence-electron chi connectivity index (χ0n) is 18.7. The Bertz CT molecular complexity index is 1230. The highest BCUT2D eigenvalue weighted by atomic mass is 35.5. The van der Waals surface area contributed by atoms with Crippen LogP contribution in [0.1, 0.15) is 12.8 Å². The number of piperazine rings is 1. The van der Waals surface area contributed by atoms with Crippen LogP contribution in [-0.2, 0) is 4.79 Å². The molecule has 2 heterocycles. The summed E-state index contributed by atoms with van der Waals surface area (Å²) in [5.74, 6) is -1.55. The number of benzene rings is 2. The number of rotatable bonds is 4. The van der Waals surface area contributed by atoms with E-state index >= 15 is 0 Å². The van der Waals surface area contributed by atoms with E-state index in [1.54, 1.807) is 0 Å². The Hall–Kier alpha value is -3.57. The fourth-order valence-corrected chi connectivity index (χ4v) is 5.03. The van der Waals surface area contributed by atoms with Gasteiger partial charge in [0.05, 0.1) is 30.1 Å². The Kier molecular flexibility index (Phi) is 6.75. The zero-order valence-corrected chi connectivity index (χ0v) is 19.5. The normalized spacial score (nSPS) is 18.7. The highest BCUT2D eigenvalue weighted by molar-refractivity contribution is 6.36. The van der Waals surface area contributed by atoms with E-state index in [0.717, 1.165) is 22.0 Å². The highest BCUT2D eigenvalue weighted by Gasteiger charge is 2.34. The molecule has 0 unspecified atom stereocenters. The van der Waals surface area contributed by atoms with Crippen molar-refractivity contribution in [1.29, 1.82) is 10.7 Å². The number of hydrogen-bond acceptors (Lipinski definition) is 5. The number of carbonyl (C=O) groups excluding carboxylic acids is 1. The minimum Gasteiger partial charge on any atom is -0.400 e. The summed E-state index contributed by atoms with van der Waals surface area (Å²) >= 11 is 6.50. The minimum atomic E-state index is -1.04. The summed E-state index contributed by atoms with van der Waals surface area (Å²) in [7, 11) is 0. The van der Waals surface area contributed by atoms with Crippen molar-refractivity contribution in [3.63, 3.8) is 0 Å². The van der Waals surface area contributed by atoms with E-state index in [4.69, 9.17) is 22.7 Å². The molecule has 9 heteroatoms. The van der Waals surface area contributed by atoms with Gasteiger partial charge < -0.3 is 20.4 Å². The number of nitrogens with zero attached hydrogens (tertiary/aromatic N) is 4. The number of fused-ring (bicyclic) bond motifs is 1. The lowest BCUT2D eigenvalue weighted by molar-refractivity contribution is -0.132. The molecule has 1 saturated heterocycles. The van der Waals surface area contributed by atoms with Gasteiger partial charge in [0.2, 0.25) is 0 Å². The molecule has 4 rings (SSSR count). The lowest BCUT2D eigenvalue weighted by Gasteiger charge is -2.42. The third kappa shape index (κ3) is 4.44. The molecule has 1 amide bonds. The molecule has 1 fully saturated rings. The van der Waals surface area contributed by atoms with Crippen LogP contribution in [0.2, 0.25) is 5.02 Å². The van der Waals surface area contributed by atoms with E-state index in [2.05, 4.69) is 17.5 Å². The predicted octanol–water partition coefficient (Wildman–Crippen LogP) is 3.80. The monoisotopic (exact) mass is 480 g/mol. The number of amides is 1. The number of carbonyl (C=O) groups is 1. The molecule has 0 spiro atoms. The smallest absolute Gasteiger partial charge is 0.282 e. The van der Waals surface area contributed by atoms with Crippen LogP contribution >= 0.6 is 11.6 Å². The SMILES string of the molecule is C=C(F)C(=O)N1CCN(C(=N)C2=C(N)CN(c3cccc4cccc(Cl)c34)CC2)C[C@@H]1CC#N. The Morgan fingerprint density at radius 2 is 2.00 bits per heavy atom. The molecule has 176 valence electrons. The van der Waals surface area contributed by atoms with E-state index in [9.17, 15) is 14.4 Å². The van der Waals surface area contributed by atoms with Crippen molar-refractivity contribution in [2.45, 2.75) is 18.9 Å². The van der Waals surface area contributed by atoms with Gasteiger partial charge in [0.25, 0.3) is 5.91 Å². The Morgan fingerprint density at radius 1 is 1.26 bits per heavy atom. The van der Waals surface area contributed by atoms with E-state index < -0.39 is 17.8 Å². The van der Waals surface area contributed by atoms with Crippen LogP contribution < -0.4 is 10.6 Å². The van der Waals surface area contributed by atoms with Crippen molar-refractivity contribution in [2.75, 3.05) is 37.6 Å². The number of halogens is 2. The number of nitrogens with two attached hydrogens (primary N) is 1. The summed E-state index contributed by atoms with van der Waals surface area (Å²) in [6.45, 7) is 5.06. The molecular weight excluding hydrogens is 455 g/mol. The molecule has 0 radical (unpaired) electrons. The standard InChI is InChI=1S/C25H26ClFN6O/c1-16(27)25(34)33-13-12-32(14-18(33)8-10-28)24(30)19-9-11-31(15-21(19)29)22-7-3-5-17-4-2-6-20(26)23(17)22/h2-7,18,30H,1,8-9,11-15,29H2/t18-/m0/s1. The van der Waals surface area contributed by atoms with E-state index in [1.165, 1.54) is 4.90 Å². The van der Waals surface area contributed by atoms with E-state index in [1.807, 2.05) is 41.3 Å². The van der Waals surface area contributed by atoms with Crippen LogP contribution in [0.5, 0.6) is 0 Å². The van der Waals surface area contributed by atoms with Crippen molar-refractivity contribution >= 4 is 39.8 Å². The topological polar surface area (TPSA) is 100 Å². The summed E-state index contributed by atoms with van der Waals surface area (Å²) < 4.78 is 13.4. The van der Waals surface area contributed by atoms with Gasteiger partial charge in [0, 0.05) is 48.5 Å². The van der Waals surface area contributed by atoms with Crippen LogP contribution in [0, 0.1) is 16.7 Å². The minimum absolute atomic E-state index is 0.0486. The van der Waals surface area contributed by atoms with Crippen molar-refractivity contribution in [3.8, 4) is 6.07 Å². The summed E-state index contributed by atoms with van der Waals surface area (Å²) in [6, 6.07) is 13.4. The van der Waals surface area contributed by atoms with Crippen molar-refractivity contribution in [3.05, 3.63) is 65.1 Å². The average molecular weight is 481 g/mol. The molecule has 1 atom stereocenters. The van der Waals surface area contributed by atoms with E-state index in [0.29, 0.717) is 42.6 Å². The molecule has 2 aromatic carbocycles. The predicted molar refractivity (Wildman–Crippen MR) is 132 cm³/mol. The largest absolute Gasteiger partial charge is 0.400 e. The van der Waals surface area contributed by atoms with Crippen LogP contribution in [0.4, 0.5) is 10.1 Å². The van der Waals surface area contributed by atoms with Gasteiger partial charge >= 0.3 is 0 Å². The molecule has 0 aliphatic carbocycles. The summed E-state index contributed by atoms with van der Waals surface area (Å²) in [5.41, 5.74) is 8.83. The van der Waals surface area contributed by atoms with Crippen molar-refractivity contribution in [2.24, 2.45) is 5.73 Å². The number of anilines is 1.